The van der Waals surface area contributed by atoms with Crippen LogP contribution in [0.3, 0.4) is 0 Å². The number of aryl methyl sites for hydroxylation is 1. The van der Waals surface area contributed by atoms with Gasteiger partial charge in [0.1, 0.15) is 0 Å². The van der Waals surface area contributed by atoms with Crippen LogP contribution in [-0.4, -0.2) is 4.57 Å². The lowest BCUT2D eigenvalue weighted by Gasteiger charge is -2.19. The molecule has 2 heterocycles. The maximum absolute atomic E-state index is 3.90. The van der Waals surface area contributed by atoms with Gasteiger partial charge in [0.2, 0.25) is 0 Å². The predicted molar refractivity (Wildman–Crippen MR) is 203 cm³/mol. The second-order valence-corrected chi connectivity index (χ2v) is 13.0. The molecule has 1 aliphatic carbocycles. The van der Waals surface area contributed by atoms with Gasteiger partial charge < -0.3 is 15.2 Å². The molecule has 0 atom stereocenters. The number of nitrogens with one attached hydrogen (secondary N) is 2. The Morgan fingerprint density at radius 1 is 0.617 bits per heavy atom. The maximum Gasteiger partial charge on any atom is 0.0623 e. The van der Waals surface area contributed by atoms with Crippen molar-refractivity contribution in [2.75, 3.05) is 10.6 Å². The molecular formula is C43H31N3S. The maximum atomic E-state index is 3.90. The van der Waals surface area contributed by atoms with Gasteiger partial charge in [-0.2, -0.15) is 0 Å². The van der Waals surface area contributed by atoms with Gasteiger partial charge in [-0.1, -0.05) is 85.8 Å². The Bertz CT molecular complexity index is 2530. The van der Waals surface area contributed by atoms with Gasteiger partial charge in [0.25, 0.3) is 0 Å². The van der Waals surface area contributed by atoms with Crippen LogP contribution < -0.4 is 10.6 Å². The number of fused-ring (bicyclic) bond motifs is 7. The van der Waals surface area contributed by atoms with Crippen molar-refractivity contribution >= 4 is 78.1 Å². The van der Waals surface area contributed by atoms with Gasteiger partial charge in [0.15, 0.2) is 0 Å². The van der Waals surface area contributed by atoms with E-state index in [-0.39, 0.29) is 0 Å². The molecule has 3 nitrogen and oxygen atoms in total. The summed E-state index contributed by atoms with van der Waals surface area (Å²) in [5, 5.41) is 11.4. The van der Waals surface area contributed by atoms with E-state index in [1.54, 1.807) is 0 Å². The lowest BCUT2D eigenvalue weighted by molar-refractivity contribution is 1.14. The Hall–Kier alpha value is -5.80. The molecule has 4 heteroatoms. The largest absolute Gasteiger partial charge is 0.354 e. The van der Waals surface area contributed by atoms with E-state index in [0.29, 0.717) is 0 Å². The SMILES string of the molecule is CCc1ccccc1-c1cc2c3c4sc5c(c4ccc3n(-c3ccccc3)c2cc1Nc1ccccc1Nc1ccccc1)C=C=C5. The van der Waals surface area contributed by atoms with Crippen LogP contribution in [0.2, 0.25) is 0 Å². The number of anilines is 4. The summed E-state index contributed by atoms with van der Waals surface area (Å²) >= 11 is 1.87. The molecule has 224 valence electrons. The van der Waals surface area contributed by atoms with Gasteiger partial charge in [-0.05, 0) is 84.3 Å². The number of thiophene rings is 1. The molecule has 0 amide bonds. The number of aromatic nitrogens is 1. The number of rotatable bonds is 7. The molecular weight excluding hydrogens is 591 g/mol. The molecule has 0 aliphatic heterocycles. The molecule has 0 spiro atoms. The highest BCUT2D eigenvalue weighted by molar-refractivity contribution is 7.21. The average Bonchev–Trinajstić information content (AvgIpc) is 3.81. The molecule has 47 heavy (non-hydrogen) atoms. The molecule has 6 aromatic carbocycles. The van der Waals surface area contributed by atoms with E-state index in [1.807, 2.05) is 17.4 Å². The van der Waals surface area contributed by atoms with Crippen LogP contribution in [0.4, 0.5) is 22.7 Å². The van der Waals surface area contributed by atoms with E-state index in [1.165, 1.54) is 59.0 Å². The first-order chi connectivity index (χ1) is 23.3. The smallest absolute Gasteiger partial charge is 0.0623 e. The van der Waals surface area contributed by atoms with Crippen LogP contribution in [-0.2, 0) is 6.42 Å². The minimum absolute atomic E-state index is 0.951. The standard InChI is InChI=1S/C43H31N3S/c1-2-28-14-9-10-19-31(28)34-26-35-40(27-38(34)45-37-22-12-11-21-36(37)44-29-15-5-3-6-16-29)46(30-17-7-4-8-18-30)39-25-24-33-32-20-13-23-41(32)47-43(33)42(35)39/h3-12,14-27,44-45H,2H2,1H3. The van der Waals surface area contributed by atoms with Crippen molar-refractivity contribution in [3.05, 3.63) is 155 Å². The van der Waals surface area contributed by atoms with E-state index in [9.17, 15) is 0 Å². The fourth-order valence-corrected chi connectivity index (χ4v) is 8.22. The third kappa shape index (κ3) is 4.58. The summed E-state index contributed by atoms with van der Waals surface area (Å²) in [7, 11) is 0. The highest BCUT2D eigenvalue weighted by Crippen LogP contribution is 2.47. The van der Waals surface area contributed by atoms with E-state index >= 15 is 0 Å². The molecule has 2 aromatic heterocycles. The van der Waals surface area contributed by atoms with Crippen molar-refractivity contribution in [3.63, 3.8) is 0 Å². The van der Waals surface area contributed by atoms with Crippen molar-refractivity contribution in [2.24, 2.45) is 0 Å². The van der Waals surface area contributed by atoms with Crippen molar-refractivity contribution < 1.29 is 0 Å². The van der Waals surface area contributed by atoms with Crippen LogP contribution in [0, 0.1) is 0 Å². The highest BCUT2D eigenvalue weighted by atomic mass is 32.1. The Morgan fingerprint density at radius 2 is 1.34 bits per heavy atom. The normalized spacial score (nSPS) is 11.9. The van der Waals surface area contributed by atoms with Gasteiger partial charge in [0, 0.05) is 53.9 Å². The minimum Gasteiger partial charge on any atom is -0.354 e. The quantitative estimate of drug-likeness (QED) is 0.173. The van der Waals surface area contributed by atoms with Crippen LogP contribution >= 0.6 is 11.3 Å². The minimum atomic E-state index is 0.951. The Morgan fingerprint density at radius 3 is 2.15 bits per heavy atom. The van der Waals surface area contributed by atoms with Gasteiger partial charge in [-0.15, -0.1) is 17.1 Å². The summed E-state index contributed by atoms with van der Waals surface area (Å²) in [5.74, 6) is 0. The first-order valence-electron chi connectivity index (χ1n) is 16.1. The molecule has 1 aliphatic rings. The van der Waals surface area contributed by atoms with Gasteiger partial charge >= 0.3 is 0 Å². The van der Waals surface area contributed by atoms with E-state index in [4.69, 9.17) is 0 Å². The summed E-state index contributed by atoms with van der Waals surface area (Å²) < 4.78 is 3.75. The molecule has 8 aromatic rings. The zero-order valence-corrected chi connectivity index (χ0v) is 26.7. The fraction of sp³-hybridized carbons (Fsp3) is 0.0465. The second kappa shape index (κ2) is 11.2. The highest BCUT2D eigenvalue weighted by Gasteiger charge is 2.22. The van der Waals surface area contributed by atoms with Crippen molar-refractivity contribution in [2.45, 2.75) is 13.3 Å². The van der Waals surface area contributed by atoms with Crippen molar-refractivity contribution in [1.29, 1.82) is 0 Å². The molecule has 0 saturated heterocycles. The summed E-state index contributed by atoms with van der Waals surface area (Å²) in [4.78, 5) is 1.28. The Balaban J connectivity index is 1.34. The lowest BCUT2D eigenvalue weighted by Crippen LogP contribution is -2.00. The fourth-order valence-electron chi connectivity index (χ4n) is 6.99. The number of nitrogens with zero attached hydrogens (tertiary/aromatic N) is 1. The predicted octanol–water partition coefficient (Wildman–Crippen LogP) is 12.4. The van der Waals surface area contributed by atoms with Crippen molar-refractivity contribution in [1.82, 2.24) is 4.57 Å². The van der Waals surface area contributed by atoms with E-state index in [0.717, 1.165) is 34.9 Å². The topological polar surface area (TPSA) is 29.0 Å². The number of benzene rings is 6. The van der Waals surface area contributed by atoms with Gasteiger partial charge in [-0.3, -0.25) is 0 Å². The zero-order valence-electron chi connectivity index (χ0n) is 25.9. The molecule has 0 unspecified atom stereocenters. The lowest BCUT2D eigenvalue weighted by atomic mass is 9.94. The van der Waals surface area contributed by atoms with E-state index < -0.39 is 0 Å². The number of para-hydroxylation sites is 4. The molecule has 0 saturated carbocycles. The molecule has 9 rings (SSSR count). The summed E-state index contributed by atoms with van der Waals surface area (Å²) in [6.45, 7) is 2.24. The Kier molecular flexibility index (Phi) is 6.57. The van der Waals surface area contributed by atoms with Crippen LogP contribution in [0.5, 0.6) is 0 Å². The van der Waals surface area contributed by atoms with Crippen LogP contribution in [0.25, 0.3) is 60.9 Å². The first kappa shape index (κ1) is 27.5. The van der Waals surface area contributed by atoms with Crippen LogP contribution in [0.1, 0.15) is 22.9 Å². The molecule has 0 radical (unpaired) electrons. The third-order valence-corrected chi connectivity index (χ3v) is 10.4. The monoisotopic (exact) mass is 621 g/mol. The number of hydrogen-bond acceptors (Lipinski definition) is 3. The molecule has 0 bridgehead atoms. The first-order valence-corrected chi connectivity index (χ1v) is 16.9. The van der Waals surface area contributed by atoms with Gasteiger partial charge in [-0.25, -0.2) is 0 Å². The van der Waals surface area contributed by atoms with Gasteiger partial charge in [0.05, 0.1) is 22.4 Å². The summed E-state index contributed by atoms with van der Waals surface area (Å²) in [6.07, 6.45) is 5.20. The Labute approximate surface area is 277 Å². The molecule has 2 N–H and O–H groups in total. The summed E-state index contributed by atoms with van der Waals surface area (Å²) in [5.41, 5.74) is 16.1. The number of hydrogen-bond donors (Lipinski definition) is 2. The third-order valence-electron chi connectivity index (χ3n) is 9.18. The second-order valence-electron chi connectivity index (χ2n) is 11.9. The van der Waals surface area contributed by atoms with Crippen LogP contribution in [0.15, 0.2) is 139 Å². The average molecular weight is 622 g/mol. The molecule has 0 fully saturated rings. The zero-order chi connectivity index (χ0) is 31.3. The van der Waals surface area contributed by atoms with E-state index in [2.05, 4.69) is 167 Å². The van der Waals surface area contributed by atoms with Crippen molar-refractivity contribution in [3.8, 4) is 16.8 Å². The summed E-state index contributed by atoms with van der Waals surface area (Å²) in [6, 6.07) is 47.7.